The Balaban J connectivity index is 0.00000484. The van der Waals surface area contributed by atoms with Gasteiger partial charge in [0.25, 0.3) is 11.8 Å². The molecule has 1 aliphatic rings. The molecule has 42 heavy (non-hydrogen) atoms. The minimum absolute atomic E-state index is 0. The fraction of sp³-hybridized carbons (Fsp3) is 0.258. The molecule has 0 aromatic heterocycles. The van der Waals surface area contributed by atoms with Gasteiger partial charge in [0.15, 0.2) is 0 Å². The highest BCUT2D eigenvalue weighted by atomic mass is 19.1. The molecule has 1 aliphatic heterocycles. The maximum atomic E-state index is 13.2. The Bertz CT molecular complexity index is 1410. The predicted molar refractivity (Wildman–Crippen MR) is 160 cm³/mol. The first-order valence-electron chi connectivity index (χ1n) is 13.0. The molecule has 0 unspecified atom stereocenters. The van der Waals surface area contributed by atoms with Gasteiger partial charge in [-0.3, -0.25) is 24.5 Å². The van der Waals surface area contributed by atoms with Gasteiger partial charge in [0.1, 0.15) is 11.9 Å². The van der Waals surface area contributed by atoms with E-state index < -0.39 is 17.9 Å². The summed E-state index contributed by atoms with van der Waals surface area (Å²) in [5.41, 5.74) is 10.3. The van der Waals surface area contributed by atoms with Gasteiger partial charge in [-0.15, -0.1) is 0 Å². The summed E-state index contributed by atoms with van der Waals surface area (Å²) in [4.78, 5) is 40.6. The lowest BCUT2D eigenvalue weighted by Gasteiger charge is -2.35. The molecular formula is C31H35FN6O4. The highest BCUT2D eigenvalue weighted by Crippen LogP contribution is 2.17. The average Bonchev–Trinajstić information content (AvgIpc) is 3.00. The van der Waals surface area contributed by atoms with Crippen LogP contribution in [0, 0.1) is 17.7 Å². The van der Waals surface area contributed by atoms with Gasteiger partial charge in [0, 0.05) is 60.8 Å². The van der Waals surface area contributed by atoms with E-state index in [0.29, 0.717) is 16.8 Å². The molecule has 11 heteroatoms. The molecule has 1 atom stereocenters. The second kappa shape index (κ2) is 15.3. The molecule has 3 amide bonds. The van der Waals surface area contributed by atoms with Gasteiger partial charge in [-0.25, -0.2) is 9.87 Å². The highest BCUT2D eigenvalue weighted by Gasteiger charge is 2.20. The number of piperazine rings is 1. The molecular weight excluding hydrogens is 539 g/mol. The topological polar surface area (TPSA) is 140 Å². The maximum absolute atomic E-state index is 13.2. The van der Waals surface area contributed by atoms with Crippen molar-refractivity contribution in [2.45, 2.75) is 13.5 Å². The number of nitrogens with zero attached hydrogens (tertiary/aromatic N) is 2. The number of carbonyl (C=O) groups excluding carboxylic acids is 3. The van der Waals surface area contributed by atoms with Crippen LogP contribution in [-0.4, -0.2) is 73.1 Å². The van der Waals surface area contributed by atoms with E-state index in [9.17, 15) is 18.8 Å². The molecule has 3 aromatic carbocycles. The number of halogens is 1. The molecule has 0 radical (unpaired) electrons. The Labute approximate surface area is 244 Å². The van der Waals surface area contributed by atoms with Crippen molar-refractivity contribution >= 4 is 29.1 Å². The minimum Gasteiger partial charge on any atom is -0.369 e. The number of benzene rings is 3. The van der Waals surface area contributed by atoms with Crippen molar-refractivity contribution in [2.24, 2.45) is 5.73 Å². The Morgan fingerprint density at radius 3 is 2.00 bits per heavy atom. The standard InChI is InChI=1S/C30H31FN6O4.CH4/c31-24-9-13-26(14-10-24)37-17-15-36(16-18-37)20-28(38)33-25-11-5-22(6-12-25)2-1-21-3-7-23(8-4-21)29(39)34-27(19-32)30(40)35-41;/h3-14,27,41H,15-20,32H2,(H,33,38)(H,34,39)(H,35,40);1H4/t27-;/m0./s1. The lowest BCUT2D eigenvalue weighted by Crippen LogP contribution is -2.50. The van der Waals surface area contributed by atoms with Crippen molar-refractivity contribution < 1.29 is 24.0 Å². The highest BCUT2D eigenvalue weighted by molar-refractivity contribution is 5.97. The number of hydrogen-bond acceptors (Lipinski definition) is 7. The van der Waals surface area contributed by atoms with Crippen LogP contribution in [0.25, 0.3) is 0 Å². The van der Waals surface area contributed by atoms with Gasteiger partial charge >= 0.3 is 0 Å². The fourth-order valence-corrected chi connectivity index (χ4v) is 4.26. The van der Waals surface area contributed by atoms with E-state index in [2.05, 4.69) is 32.3 Å². The van der Waals surface area contributed by atoms with Crippen LogP contribution in [0.1, 0.15) is 28.9 Å². The number of nitrogens with two attached hydrogens (primary N) is 1. The lowest BCUT2D eigenvalue weighted by molar-refractivity contribution is -0.130. The summed E-state index contributed by atoms with van der Waals surface area (Å²) in [5.74, 6) is 4.41. The zero-order valence-electron chi connectivity index (χ0n) is 22.3. The third-order valence-corrected chi connectivity index (χ3v) is 6.57. The van der Waals surface area contributed by atoms with Gasteiger partial charge in [-0.1, -0.05) is 19.3 Å². The first-order valence-corrected chi connectivity index (χ1v) is 13.0. The molecule has 0 spiro atoms. The summed E-state index contributed by atoms with van der Waals surface area (Å²) >= 11 is 0. The summed E-state index contributed by atoms with van der Waals surface area (Å²) in [6, 6.07) is 19.1. The zero-order chi connectivity index (χ0) is 29.2. The molecule has 3 aromatic rings. The van der Waals surface area contributed by atoms with Crippen LogP contribution >= 0.6 is 0 Å². The lowest BCUT2D eigenvalue weighted by atomic mass is 10.1. The zero-order valence-corrected chi connectivity index (χ0v) is 22.3. The maximum Gasteiger partial charge on any atom is 0.267 e. The SMILES string of the molecule is C.NC[C@H](NC(=O)c1ccc(C#Cc2ccc(NC(=O)CN3CCN(c4ccc(F)cc4)CC3)cc2)cc1)C(=O)NO. The van der Waals surface area contributed by atoms with Crippen LogP contribution in [0.2, 0.25) is 0 Å². The predicted octanol–water partition coefficient (Wildman–Crippen LogP) is 2.18. The Kier molecular flexibility index (Phi) is 11.6. The molecule has 4 rings (SSSR count). The van der Waals surface area contributed by atoms with E-state index in [-0.39, 0.29) is 32.2 Å². The van der Waals surface area contributed by atoms with Crippen LogP contribution in [0.4, 0.5) is 15.8 Å². The molecule has 1 saturated heterocycles. The Hall–Kier alpha value is -4.76. The number of nitrogens with one attached hydrogen (secondary N) is 3. The fourth-order valence-electron chi connectivity index (χ4n) is 4.26. The van der Waals surface area contributed by atoms with Crippen molar-refractivity contribution in [3.05, 3.63) is 95.3 Å². The van der Waals surface area contributed by atoms with Gasteiger partial charge in [-0.05, 0) is 72.8 Å². The van der Waals surface area contributed by atoms with E-state index in [1.165, 1.54) is 17.6 Å². The second-order valence-electron chi connectivity index (χ2n) is 9.43. The summed E-state index contributed by atoms with van der Waals surface area (Å²) in [6.07, 6.45) is 0. The van der Waals surface area contributed by atoms with Crippen LogP contribution in [-0.2, 0) is 9.59 Å². The van der Waals surface area contributed by atoms with E-state index in [0.717, 1.165) is 37.4 Å². The summed E-state index contributed by atoms with van der Waals surface area (Å²) < 4.78 is 13.2. The second-order valence-corrected chi connectivity index (χ2v) is 9.43. The van der Waals surface area contributed by atoms with E-state index in [4.69, 9.17) is 10.9 Å². The number of rotatable bonds is 8. The first-order chi connectivity index (χ1) is 19.8. The first kappa shape index (κ1) is 31.8. The molecule has 1 fully saturated rings. The van der Waals surface area contributed by atoms with Gasteiger partial charge in [0.2, 0.25) is 5.91 Å². The summed E-state index contributed by atoms with van der Waals surface area (Å²) in [5, 5.41) is 14.1. The van der Waals surface area contributed by atoms with Crippen molar-refractivity contribution in [3.63, 3.8) is 0 Å². The van der Waals surface area contributed by atoms with Crippen molar-refractivity contribution in [1.29, 1.82) is 0 Å². The average molecular weight is 575 g/mol. The summed E-state index contributed by atoms with van der Waals surface area (Å²) in [7, 11) is 0. The molecule has 1 heterocycles. The van der Waals surface area contributed by atoms with E-state index >= 15 is 0 Å². The van der Waals surface area contributed by atoms with Gasteiger partial charge in [0.05, 0.1) is 6.54 Å². The normalized spacial score (nSPS) is 13.5. The van der Waals surface area contributed by atoms with Crippen molar-refractivity contribution in [2.75, 3.05) is 49.5 Å². The van der Waals surface area contributed by atoms with E-state index in [1.54, 1.807) is 48.5 Å². The third-order valence-electron chi connectivity index (χ3n) is 6.57. The molecule has 0 aliphatic carbocycles. The molecule has 220 valence electrons. The monoisotopic (exact) mass is 574 g/mol. The van der Waals surface area contributed by atoms with Crippen LogP contribution < -0.4 is 26.7 Å². The van der Waals surface area contributed by atoms with Gasteiger partial charge < -0.3 is 21.3 Å². The molecule has 6 N–H and O–H groups in total. The number of anilines is 2. The van der Waals surface area contributed by atoms with Crippen molar-refractivity contribution in [3.8, 4) is 11.8 Å². The quantitative estimate of drug-likeness (QED) is 0.158. The summed E-state index contributed by atoms with van der Waals surface area (Å²) in [6.45, 7) is 3.12. The Morgan fingerprint density at radius 1 is 0.881 bits per heavy atom. The van der Waals surface area contributed by atoms with Crippen molar-refractivity contribution in [1.82, 2.24) is 15.7 Å². The largest absolute Gasteiger partial charge is 0.369 e. The number of amides is 3. The van der Waals surface area contributed by atoms with Crippen LogP contribution in [0.15, 0.2) is 72.8 Å². The van der Waals surface area contributed by atoms with Crippen LogP contribution in [0.3, 0.4) is 0 Å². The molecule has 0 saturated carbocycles. The Morgan fingerprint density at radius 2 is 1.45 bits per heavy atom. The minimum atomic E-state index is -1.05. The number of hydrogen-bond donors (Lipinski definition) is 5. The van der Waals surface area contributed by atoms with Gasteiger partial charge in [-0.2, -0.15) is 0 Å². The smallest absolute Gasteiger partial charge is 0.267 e. The number of carbonyl (C=O) groups is 3. The van der Waals surface area contributed by atoms with Crippen LogP contribution in [0.5, 0.6) is 0 Å². The third kappa shape index (κ3) is 8.87. The molecule has 10 nitrogen and oxygen atoms in total. The molecule has 0 bridgehead atoms. The van der Waals surface area contributed by atoms with E-state index in [1.807, 2.05) is 12.1 Å². The number of hydroxylamine groups is 1.